The van der Waals surface area contributed by atoms with Gasteiger partial charge in [-0.1, -0.05) is 6.92 Å². The lowest BCUT2D eigenvalue weighted by molar-refractivity contribution is -0.119. The minimum Gasteiger partial charge on any atom is -0.476 e. The molecule has 2 heterocycles. The average molecular weight is 279 g/mol. The molecule has 1 amide bonds. The van der Waals surface area contributed by atoms with Crippen LogP contribution in [0.25, 0.3) is 0 Å². The Bertz CT molecular complexity index is 480. The molecule has 1 unspecified atom stereocenters. The molecule has 0 bridgehead atoms. The Hall–Kier alpha value is -2.05. The minimum atomic E-state index is -0.361. The van der Waals surface area contributed by atoms with Crippen LogP contribution < -0.4 is 21.1 Å². The van der Waals surface area contributed by atoms with Crippen molar-refractivity contribution in [2.45, 2.75) is 38.6 Å². The summed E-state index contributed by atoms with van der Waals surface area (Å²) >= 11 is 0. The van der Waals surface area contributed by atoms with E-state index in [0.29, 0.717) is 30.5 Å². The third-order valence-electron chi connectivity index (χ3n) is 3.37. The molecule has 1 aromatic heterocycles. The van der Waals surface area contributed by atoms with E-state index in [0.717, 1.165) is 25.7 Å². The zero-order valence-corrected chi connectivity index (χ0v) is 11.7. The first-order valence-electron chi connectivity index (χ1n) is 6.94. The van der Waals surface area contributed by atoms with Gasteiger partial charge >= 0.3 is 0 Å². The summed E-state index contributed by atoms with van der Waals surface area (Å²) in [6.45, 7) is 3.26. The van der Waals surface area contributed by atoms with Crippen molar-refractivity contribution in [1.29, 1.82) is 0 Å². The third kappa shape index (κ3) is 2.92. The highest BCUT2D eigenvalue weighted by molar-refractivity contribution is 5.85. The van der Waals surface area contributed by atoms with Gasteiger partial charge in [-0.3, -0.25) is 4.79 Å². The molecular formula is C13H21N5O2. The predicted octanol–water partition coefficient (Wildman–Crippen LogP) is 0.692. The summed E-state index contributed by atoms with van der Waals surface area (Å²) in [7, 11) is 0. The number of rotatable bonds is 5. The summed E-state index contributed by atoms with van der Waals surface area (Å²) in [5.74, 6) is 0.555. The fourth-order valence-electron chi connectivity index (χ4n) is 2.39. The normalized spacial score (nSPS) is 18.9. The van der Waals surface area contributed by atoms with Crippen LogP contribution in [0.1, 0.15) is 32.6 Å². The molecule has 20 heavy (non-hydrogen) atoms. The fourth-order valence-corrected chi connectivity index (χ4v) is 2.39. The van der Waals surface area contributed by atoms with Crippen LogP contribution in [-0.4, -0.2) is 35.1 Å². The Kier molecular flexibility index (Phi) is 4.60. The number of anilines is 2. The van der Waals surface area contributed by atoms with Gasteiger partial charge in [-0.05, 0) is 25.7 Å². The largest absolute Gasteiger partial charge is 0.476 e. The van der Waals surface area contributed by atoms with Gasteiger partial charge in [0.15, 0.2) is 5.82 Å². The lowest BCUT2D eigenvalue weighted by Gasteiger charge is -2.35. The highest BCUT2D eigenvalue weighted by Crippen LogP contribution is 2.32. The quantitative estimate of drug-likeness (QED) is 0.821. The van der Waals surface area contributed by atoms with Crippen molar-refractivity contribution in [3.63, 3.8) is 0 Å². The van der Waals surface area contributed by atoms with E-state index in [1.165, 1.54) is 6.33 Å². The van der Waals surface area contributed by atoms with Gasteiger partial charge in [0.05, 0.1) is 6.61 Å². The van der Waals surface area contributed by atoms with Gasteiger partial charge in [-0.15, -0.1) is 0 Å². The van der Waals surface area contributed by atoms with Gasteiger partial charge < -0.3 is 21.1 Å². The van der Waals surface area contributed by atoms with E-state index in [4.69, 9.17) is 16.2 Å². The fraction of sp³-hybridized carbons (Fsp3) is 0.615. The lowest BCUT2D eigenvalue weighted by Crippen LogP contribution is -2.48. The van der Waals surface area contributed by atoms with Crippen molar-refractivity contribution in [2.24, 2.45) is 5.73 Å². The molecule has 0 aliphatic carbocycles. The monoisotopic (exact) mass is 279 g/mol. The van der Waals surface area contributed by atoms with Crippen LogP contribution in [0.2, 0.25) is 0 Å². The van der Waals surface area contributed by atoms with Crippen molar-refractivity contribution in [1.82, 2.24) is 9.97 Å². The van der Waals surface area contributed by atoms with Gasteiger partial charge in [0.25, 0.3) is 0 Å². The average Bonchev–Trinajstić information content (AvgIpc) is 2.46. The Balaban J connectivity index is 2.28. The maximum atomic E-state index is 11.6. The van der Waals surface area contributed by atoms with E-state index in [9.17, 15) is 4.79 Å². The standard InChI is InChI=1S/C13H21N5O2/c1-2-7-20-13-10(14)12(16-8-17-13)18-6-4-3-5-9(18)11(15)19/h8-9H,2-7,14H2,1H3,(H2,15,19). The third-order valence-corrected chi connectivity index (χ3v) is 3.37. The number of nitrogens with two attached hydrogens (primary N) is 2. The second kappa shape index (κ2) is 6.40. The molecule has 1 atom stereocenters. The molecular weight excluding hydrogens is 258 g/mol. The summed E-state index contributed by atoms with van der Waals surface area (Å²) in [4.78, 5) is 21.7. The summed E-state index contributed by atoms with van der Waals surface area (Å²) in [5, 5.41) is 0. The van der Waals surface area contributed by atoms with Crippen LogP contribution in [0.5, 0.6) is 5.88 Å². The molecule has 1 aliphatic rings. The number of hydrogen-bond acceptors (Lipinski definition) is 6. The first-order chi connectivity index (χ1) is 9.65. The second-order valence-electron chi connectivity index (χ2n) is 4.87. The summed E-state index contributed by atoms with van der Waals surface area (Å²) in [5.41, 5.74) is 11.9. The number of carbonyl (C=O) groups is 1. The number of aromatic nitrogens is 2. The summed E-state index contributed by atoms with van der Waals surface area (Å²) in [6.07, 6.45) is 4.96. The van der Waals surface area contributed by atoms with Crippen LogP contribution in [0, 0.1) is 0 Å². The SMILES string of the molecule is CCCOc1ncnc(N2CCCCC2C(N)=O)c1N. The molecule has 1 aromatic rings. The second-order valence-corrected chi connectivity index (χ2v) is 4.87. The predicted molar refractivity (Wildman–Crippen MR) is 76.4 cm³/mol. The summed E-state index contributed by atoms with van der Waals surface area (Å²) in [6, 6.07) is -0.361. The van der Waals surface area contributed by atoms with Crippen molar-refractivity contribution in [3.05, 3.63) is 6.33 Å². The van der Waals surface area contributed by atoms with Crippen LogP contribution in [0.3, 0.4) is 0 Å². The Morgan fingerprint density at radius 3 is 3.00 bits per heavy atom. The number of nitrogen functional groups attached to an aromatic ring is 1. The van der Waals surface area contributed by atoms with E-state index in [1.54, 1.807) is 0 Å². The van der Waals surface area contributed by atoms with Crippen LogP contribution in [0.4, 0.5) is 11.5 Å². The molecule has 0 saturated carbocycles. The number of piperidine rings is 1. The first-order valence-corrected chi connectivity index (χ1v) is 6.94. The van der Waals surface area contributed by atoms with Crippen molar-refractivity contribution in [2.75, 3.05) is 23.8 Å². The van der Waals surface area contributed by atoms with Crippen LogP contribution in [0.15, 0.2) is 6.33 Å². The number of primary amides is 1. The lowest BCUT2D eigenvalue weighted by atomic mass is 10.0. The van der Waals surface area contributed by atoms with Crippen molar-refractivity contribution >= 4 is 17.4 Å². The molecule has 0 aromatic carbocycles. The topological polar surface area (TPSA) is 107 Å². The molecule has 0 radical (unpaired) electrons. The zero-order chi connectivity index (χ0) is 14.5. The molecule has 0 spiro atoms. The molecule has 1 saturated heterocycles. The van der Waals surface area contributed by atoms with E-state index >= 15 is 0 Å². The molecule has 2 rings (SSSR count). The van der Waals surface area contributed by atoms with Gasteiger partial charge in [0.1, 0.15) is 18.1 Å². The Labute approximate surface area is 118 Å². The zero-order valence-electron chi connectivity index (χ0n) is 11.7. The molecule has 7 nitrogen and oxygen atoms in total. The van der Waals surface area contributed by atoms with Gasteiger partial charge in [0.2, 0.25) is 11.8 Å². The molecule has 110 valence electrons. The number of carbonyl (C=O) groups excluding carboxylic acids is 1. The van der Waals surface area contributed by atoms with E-state index in [1.807, 2.05) is 11.8 Å². The maximum Gasteiger partial charge on any atom is 0.242 e. The highest BCUT2D eigenvalue weighted by Gasteiger charge is 2.30. The summed E-state index contributed by atoms with van der Waals surface area (Å²) < 4.78 is 5.49. The van der Waals surface area contributed by atoms with Gasteiger partial charge in [-0.2, -0.15) is 4.98 Å². The van der Waals surface area contributed by atoms with Crippen LogP contribution in [-0.2, 0) is 4.79 Å². The highest BCUT2D eigenvalue weighted by atomic mass is 16.5. The van der Waals surface area contributed by atoms with Crippen molar-refractivity contribution < 1.29 is 9.53 Å². The smallest absolute Gasteiger partial charge is 0.242 e. The minimum absolute atomic E-state index is 0.348. The van der Waals surface area contributed by atoms with Gasteiger partial charge in [-0.25, -0.2) is 4.98 Å². The molecule has 7 heteroatoms. The molecule has 4 N–H and O–H groups in total. The van der Waals surface area contributed by atoms with E-state index in [2.05, 4.69) is 9.97 Å². The van der Waals surface area contributed by atoms with Crippen LogP contribution >= 0.6 is 0 Å². The number of ether oxygens (including phenoxy) is 1. The molecule has 1 fully saturated rings. The van der Waals surface area contributed by atoms with E-state index in [-0.39, 0.29) is 11.9 Å². The van der Waals surface area contributed by atoms with Gasteiger partial charge in [0, 0.05) is 6.54 Å². The van der Waals surface area contributed by atoms with Crippen molar-refractivity contribution in [3.8, 4) is 5.88 Å². The Morgan fingerprint density at radius 2 is 2.30 bits per heavy atom. The first kappa shape index (κ1) is 14.4. The number of nitrogens with zero attached hydrogens (tertiary/aromatic N) is 3. The van der Waals surface area contributed by atoms with E-state index < -0.39 is 0 Å². The number of amides is 1. The molecule has 1 aliphatic heterocycles. The maximum absolute atomic E-state index is 11.6. The number of hydrogen-bond donors (Lipinski definition) is 2. The Morgan fingerprint density at radius 1 is 1.50 bits per heavy atom.